The Morgan fingerprint density at radius 2 is 1.76 bits per heavy atom. The maximum Gasteiger partial charge on any atom is 0.0309 e. The van der Waals surface area contributed by atoms with Crippen LogP contribution in [0.25, 0.3) is 0 Å². The molecule has 0 aromatic rings. The molecule has 1 spiro atoms. The van der Waals surface area contributed by atoms with Gasteiger partial charge in [-0.15, -0.1) is 0 Å². The third-order valence-corrected chi connectivity index (χ3v) is 5.47. The summed E-state index contributed by atoms with van der Waals surface area (Å²) in [5.74, 6) is 0. The number of piperazine rings is 1. The number of nitrogens with zero attached hydrogens (tertiary/aromatic N) is 1. The molecule has 1 heterocycles. The molecule has 17 heavy (non-hydrogen) atoms. The molecule has 0 bridgehead atoms. The van der Waals surface area contributed by atoms with E-state index in [1.54, 1.807) is 0 Å². The first kappa shape index (κ1) is 13.4. The topological polar surface area (TPSA) is 15.3 Å². The fraction of sp³-hybridized carbons (Fsp3) is 1.00. The van der Waals surface area contributed by atoms with Crippen molar-refractivity contribution in [1.82, 2.24) is 10.2 Å². The SMILES string of the molecule is CCC(C)(CC)N1CCNC2(CCCCC2)C1. The van der Waals surface area contributed by atoms with Crippen LogP contribution in [0.5, 0.6) is 0 Å². The van der Waals surface area contributed by atoms with Crippen molar-refractivity contribution in [3.8, 4) is 0 Å². The molecule has 1 aliphatic carbocycles. The normalized spacial score (nSPS) is 26.3. The molecule has 1 saturated carbocycles. The van der Waals surface area contributed by atoms with Crippen molar-refractivity contribution < 1.29 is 0 Å². The Balaban J connectivity index is 2.05. The highest BCUT2D eigenvalue weighted by molar-refractivity contribution is 5.00. The maximum absolute atomic E-state index is 3.84. The Morgan fingerprint density at radius 1 is 1.12 bits per heavy atom. The molecule has 2 fully saturated rings. The molecule has 2 nitrogen and oxygen atoms in total. The predicted molar refractivity (Wildman–Crippen MR) is 74.4 cm³/mol. The fourth-order valence-corrected chi connectivity index (χ4v) is 3.68. The molecule has 2 heteroatoms. The second kappa shape index (κ2) is 5.27. The Bertz CT molecular complexity index is 234. The van der Waals surface area contributed by atoms with Gasteiger partial charge in [0.15, 0.2) is 0 Å². The molecular weight excluding hydrogens is 208 g/mol. The van der Waals surface area contributed by atoms with Crippen LogP contribution in [0.15, 0.2) is 0 Å². The van der Waals surface area contributed by atoms with E-state index in [4.69, 9.17) is 0 Å². The summed E-state index contributed by atoms with van der Waals surface area (Å²) in [4.78, 5) is 2.77. The van der Waals surface area contributed by atoms with Crippen molar-refractivity contribution in [1.29, 1.82) is 0 Å². The third kappa shape index (κ3) is 2.68. The summed E-state index contributed by atoms with van der Waals surface area (Å²) in [6.45, 7) is 10.9. The predicted octanol–water partition coefficient (Wildman–Crippen LogP) is 3.17. The number of hydrogen-bond acceptors (Lipinski definition) is 2. The molecular formula is C15H30N2. The standard InChI is InChI=1S/C15H30N2/c1-4-14(3,5-2)17-12-11-16-15(13-17)9-7-6-8-10-15/h16H,4-13H2,1-3H3. The molecule has 100 valence electrons. The van der Waals surface area contributed by atoms with E-state index in [1.807, 2.05) is 0 Å². The van der Waals surface area contributed by atoms with Gasteiger partial charge in [-0.2, -0.15) is 0 Å². The lowest BCUT2D eigenvalue weighted by molar-refractivity contribution is 0.0162. The van der Waals surface area contributed by atoms with Gasteiger partial charge < -0.3 is 5.32 Å². The van der Waals surface area contributed by atoms with Crippen LogP contribution in [-0.2, 0) is 0 Å². The summed E-state index contributed by atoms with van der Waals surface area (Å²) >= 11 is 0. The maximum atomic E-state index is 3.84. The van der Waals surface area contributed by atoms with Gasteiger partial charge in [0.05, 0.1) is 0 Å². The van der Waals surface area contributed by atoms with Crippen molar-refractivity contribution >= 4 is 0 Å². The Hall–Kier alpha value is -0.0800. The first-order valence-corrected chi connectivity index (χ1v) is 7.64. The summed E-state index contributed by atoms with van der Waals surface area (Å²) in [7, 11) is 0. The van der Waals surface area contributed by atoms with Crippen molar-refractivity contribution in [3.63, 3.8) is 0 Å². The summed E-state index contributed by atoms with van der Waals surface area (Å²) < 4.78 is 0. The molecule has 1 N–H and O–H groups in total. The molecule has 0 aromatic heterocycles. The number of rotatable bonds is 3. The summed E-state index contributed by atoms with van der Waals surface area (Å²) in [6, 6.07) is 0. The van der Waals surface area contributed by atoms with E-state index in [0.29, 0.717) is 11.1 Å². The van der Waals surface area contributed by atoms with Gasteiger partial charge in [-0.1, -0.05) is 33.1 Å². The van der Waals surface area contributed by atoms with Gasteiger partial charge in [-0.25, -0.2) is 0 Å². The molecule has 0 amide bonds. The van der Waals surface area contributed by atoms with E-state index >= 15 is 0 Å². The van der Waals surface area contributed by atoms with Crippen LogP contribution in [0.1, 0.15) is 65.7 Å². The van der Waals surface area contributed by atoms with E-state index in [2.05, 4.69) is 31.0 Å². The quantitative estimate of drug-likeness (QED) is 0.812. The zero-order valence-corrected chi connectivity index (χ0v) is 12.0. The average molecular weight is 238 g/mol. The van der Waals surface area contributed by atoms with Crippen LogP contribution in [-0.4, -0.2) is 35.6 Å². The van der Waals surface area contributed by atoms with Crippen LogP contribution in [0.4, 0.5) is 0 Å². The molecule has 2 aliphatic rings. The lowest BCUT2D eigenvalue weighted by Gasteiger charge is -2.52. The summed E-state index contributed by atoms with van der Waals surface area (Å²) in [6.07, 6.45) is 9.65. The fourth-order valence-electron chi connectivity index (χ4n) is 3.68. The van der Waals surface area contributed by atoms with Gasteiger partial charge in [0, 0.05) is 30.7 Å². The number of hydrogen-bond donors (Lipinski definition) is 1. The Labute approximate surface area is 107 Å². The minimum Gasteiger partial charge on any atom is -0.309 e. The van der Waals surface area contributed by atoms with Crippen LogP contribution >= 0.6 is 0 Å². The van der Waals surface area contributed by atoms with E-state index in [1.165, 1.54) is 64.6 Å². The Kier molecular flexibility index (Phi) is 4.14. The summed E-state index contributed by atoms with van der Waals surface area (Å²) in [5.41, 5.74) is 0.884. The minimum absolute atomic E-state index is 0.423. The highest BCUT2D eigenvalue weighted by Crippen LogP contribution is 2.34. The van der Waals surface area contributed by atoms with E-state index in [9.17, 15) is 0 Å². The summed E-state index contributed by atoms with van der Waals surface area (Å²) in [5, 5.41) is 3.84. The van der Waals surface area contributed by atoms with Gasteiger partial charge >= 0.3 is 0 Å². The second-order valence-electron chi connectivity index (χ2n) is 6.39. The first-order chi connectivity index (χ1) is 8.14. The zero-order valence-electron chi connectivity index (χ0n) is 12.0. The number of nitrogens with one attached hydrogen (secondary N) is 1. The largest absolute Gasteiger partial charge is 0.309 e. The van der Waals surface area contributed by atoms with E-state index in [-0.39, 0.29) is 0 Å². The smallest absolute Gasteiger partial charge is 0.0309 e. The zero-order chi connectivity index (χ0) is 12.4. The molecule has 2 rings (SSSR count). The lowest BCUT2D eigenvalue weighted by Crippen LogP contribution is -2.65. The molecule has 1 aliphatic heterocycles. The van der Waals surface area contributed by atoms with Gasteiger partial charge in [0.25, 0.3) is 0 Å². The molecule has 1 saturated heterocycles. The van der Waals surface area contributed by atoms with Gasteiger partial charge in [0.1, 0.15) is 0 Å². The van der Waals surface area contributed by atoms with E-state index in [0.717, 1.165) is 0 Å². The third-order valence-electron chi connectivity index (χ3n) is 5.47. The van der Waals surface area contributed by atoms with Gasteiger partial charge in [-0.3, -0.25) is 4.90 Å². The highest BCUT2D eigenvalue weighted by Gasteiger charge is 2.40. The van der Waals surface area contributed by atoms with Crippen molar-refractivity contribution in [2.45, 2.75) is 76.8 Å². The minimum atomic E-state index is 0.423. The van der Waals surface area contributed by atoms with Crippen LogP contribution in [0.2, 0.25) is 0 Å². The Morgan fingerprint density at radius 3 is 2.35 bits per heavy atom. The second-order valence-corrected chi connectivity index (χ2v) is 6.39. The average Bonchev–Trinajstić information content (AvgIpc) is 2.39. The molecule has 0 radical (unpaired) electrons. The monoisotopic (exact) mass is 238 g/mol. The lowest BCUT2D eigenvalue weighted by atomic mass is 9.78. The molecule has 0 atom stereocenters. The van der Waals surface area contributed by atoms with Gasteiger partial charge in [0.2, 0.25) is 0 Å². The van der Waals surface area contributed by atoms with Gasteiger partial charge in [-0.05, 0) is 32.6 Å². The highest BCUT2D eigenvalue weighted by atomic mass is 15.3. The molecule has 0 unspecified atom stereocenters. The molecule has 0 aromatic carbocycles. The van der Waals surface area contributed by atoms with Crippen LogP contribution in [0.3, 0.4) is 0 Å². The first-order valence-electron chi connectivity index (χ1n) is 7.64. The van der Waals surface area contributed by atoms with Crippen LogP contribution < -0.4 is 5.32 Å². The van der Waals surface area contributed by atoms with Crippen LogP contribution in [0, 0.1) is 0 Å². The van der Waals surface area contributed by atoms with Crippen molar-refractivity contribution in [2.24, 2.45) is 0 Å². The van der Waals surface area contributed by atoms with E-state index < -0.39 is 0 Å². The van der Waals surface area contributed by atoms with Crippen molar-refractivity contribution in [2.75, 3.05) is 19.6 Å². The van der Waals surface area contributed by atoms with Crippen molar-refractivity contribution in [3.05, 3.63) is 0 Å².